The maximum atomic E-state index is 5.75. The first-order valence-electron chi connectivity index (χ1n) is 6.77. The van der Waals surface area contributed by atoms with Crippen molar-refractivity contribution in [2.45, 2.75) is 57.9 Å². The molecule has 0 radical (unpaired) electrons. The number of thiazole rings is 1. The smallest absolute Gasteiger partial charge is 0.180 e. The Balaban J connectivity index is 1.71. The van der Waals surface area contributed by atoms with Gasteiger partial charge in [0.05, 0.1) is 5.69 Å². The molecule has 1 atom stereocenters. The lowest BCUT2D eigenvalue weighted by molar-refractivity contribution is 0.449. The Labute approximate surface area is 108 Å². The van der Waals surface area contributed by atoms with Gasteiger partial charge in [0.25, 0.3) is 0 Å². The second-order valence-corrected chi connectivity index (χ2v) is 5.99. The second kappa shape index (κ2) is 6.36. The Morgan fingerprint density at radius 1 is 1.41 bits per heavy atom. The first-order chi connectivity index (χ1) is 8.29. The Morgan fingerprint density at radius 2 is 2.29 bits per heavy atom. The van der Waals surface area contributed by atoms with Crippen molar-refractivity contribution in [2.24, 2.45) is 0 Å². The van der Waals surface area contributed by atoms with Crippen LogP contribution >= 0.6 is 11.3 Å². The fourth-order valence-corrected chi connectivity index (χ4v) is 3.39. The highest BCUT2D eigenvalue weighted by molar-refractivity contribution is 7.15. The summed E-state index contributed by atoms with van der Waals surface area (Å²) in [6.07, 6.45) is 8.77. The summed E-state index contributed by atoms with van der Waals surface area (Å²) in [6, 6.07) is 0.643. The molecule has 0 fully saturated rings. The fraction of sp³-hybridized carbons (Fsp3) is 0.769. The average Bonchev–Trinajstić information content (AvgIpc) is 2.68. The van der Waals surface area contributed by atoms with Gasteiger partial charge in [0, 0.05) is 10.9 Å². The minimum atomic E-state index is 0.643. The van der Waals surface area contributed by atoms with E-state index in [4.69, 9.17) is 5.73 Å². The van der Waals surface area contributed by atoms with Gasteiger partial charge in [0.2, 0.25) is 0 Å². The predicted octanol–water partition coefficient (Wildman–Crippen LogP) is 2.75. The number of fused-ring (bicyclic) bond motifs is 1. The first-order valence-corrected chi connectivity index (χ1v) is 7.58. The minimum absolute atomic E-state index is 0.643. The van der Waals surface area contributed by atoms with Gasteiger partial charge in [-0.3, -0.25) is 0 Å². The fourth-order valence-electron chi connectivity index (χ4n) is 2.43. The normalized spacial score (nSPS) is 19.2. The molecule has 1 aromatic heterocycles. The number of unbranched alkanes of at least 4 members (excludes halogenated alkanes) is 3. The van der Waals surface area contributed by atoms with Crippen LogP contribution in [-0.4, -0.2) is 17.6 Å². The van der Waals surface area contributed by atoms with E-state index in [-0.39, 0.29) is 0 Å². The lowest BCUT2D eigenvalue weighted by Crippen LogP contribution is -2.34. The maximum absolute atomic E-state index is 5.75. The van der Waals surface area contributed by atoms with E-state index in [2.05, 4.69) is 17.2 Å². The molecule has 3 nitrogen and oxygen atoms in total. The number of anilines is 1. The molecule has 0 spiro atoms. The quantitative estimate of drug-likeness (QED) is 0.766. The molecule has 3 N–H and O–H groups in total. The van der Waals surface area contributed by atoms with Crippen LogP contribution in [0.3, 0.4) is 0 Å². The molecule has 0 aliphatic heterocycles. The largest absolute Gasteiger partial charge is 0.375 e. The van der Waals surface area contributed by atoms with Crippen LogP contribution in [0.15, 0.2) is 0 Å². The van der Waals surface area contributed by atoms with Crippen molar-refractivity contribution < 1.29 is 0 Å². The molecule has 1 aromatic rings. The lowest BCUT2D eigenvalue weighted by atomic mass is 9.97. The van der Waals surface area contributed by atoms with Crippen LogP contribution in [0.5, 0.6) is 0 Å². The molecule has 0 saturated carbocycles. The van der Waals surface area contributed by atoms with Gasteiger partial charge in [0.15, 0.2) is 5.13 Å². The average molecular weight is 253 g/mol. The zero-order valence-electron chi connectivity index (χ0n) is 10.7. The highest BCUT2D eigenvalue weighted by Crippen LogP contribution is 2.28. The summed E-state index contributed by atoms with van der Waals surface area (Å²) in [5.74, 6) is 0. The molecular formula is C13H23N3S. The van der Waals surface area contributed by atoms with E-state index >= 15 is 0 Å². The second-order valence-electron chi connectivity index (χ2n) is 4.88. The molecule has 0 saturated heterocycles. The van der Waals surface area contributed by atoms with Crippen molar-refractivity contribution in [1.82, 2.24) is 10.3 Å². The Kier molecular flexibility index (Phi) is 4.80. The maximum Gasteiger partial charge on any atom is 0.180 e. The van der Waals surface area contributed by atoms with Crippen LogP contribution in [0, 0.1) is 0 Å². The van der Waals surface area contributed by atoms with E-state index in [1.807, 2.05) is 0 Å². The Bertz CT molecular complexity index is 348. The third kappa shape index (κ3) is 3.68. The SMILES string of the molecule is CCCCCCNC1CCc2nc(N)sc2C1. The van der Waals surface area contributed by atoms with Crippen molar-refractivity contribution in [3.05, 3.63) is 10.6 Å². The van der Waals surface area contributed by atoms with E-state index < -0.39 is 0 Å². The van der Waals surface area contributed by atoms with E-state index in [1.54, 1.807) is 11.3 Å². The van der Waals surface area contributed by atoms with E-state index in [1.165, 1.54) is 42.7 Å². The first kappa shape index (κ1) is 12.8. The molecule has 1 unspecified atom stereocenters. The summed E-state index contributed by atoms with van der Waals surface area (Å²) in [4.78, 5) is 5.78. The predicted molar refractivity (Wildman–Crippen MR) is 74.5 cm³/mol. The van der Waals surface area contributed by atoms with Gasteiger partial charge in [-0.2, -0.15) is 0 Å². The van der Waals surface area contributed by atoms with Crippen molar-refractivity contribution in [3.8, 4) is 0 Å². The van der Waals surface area contributed by atoms with Crippen LogP contribution in [0.4, 0.5) is 5.13 Å². The number of nitrogen functional groups attached to an aromatic ring is 1. The summed E-state index contributed by atoms with van der Waals surface area (Å²) in [6.45, 7) is 3.42. The highest BCUT2D eigenvalue weighted by Gasteiger charge is 2.21. The molecule has 0 aromatic carbocycles. The number of aromatic nitrogens is 1. The van der Waals surface area contributed by atoms with Crippen LogP contribution < -0.4 is 11.1 Å². The summed E-state index contributed by atoms with van der Waals surface area (Å²) < 4.78 is 0. The van der Waals surface area contributed by atoms with Crippen molar-refractivity contribution in [3.63, 3.8) is 0 Å². The van der Waals surface area contributed by atoms with Gasteiger partial charge in [-0.05, 0) is 32.2 Å². The van der Waals surface area contributed by atoms with Crippen LogP contribution in [0.2, 0.25) is 0 Å². The minimum Gasteiger partial charge on any atom is -0.375 e. The summed E-state index contributed by atoms with van der Waals surface area (Å²) in [5, 5.41) is 4.40. The van der Waals surface area contributed by atoms with E-state index in [0.29, 0.717) is 6.04 Å². The van der Waals surface area contributed by atoms with Crippen molar-refractivity contribution >= 4 is 16.5 Å². The molecule has 1 aliphatic rings. The molecule has 0 bridgehead atoms. The molecule has 1 aliphatic carbocycles. The van der Waals surface area contributed by atoms with Gasteiger partial charge in [-0.15, -0.1) is 11.3 Å². The van der Waals surface area contributed by atoms with Gasteiger partial charge in [-0.1, -0.05) is 26.2 Å². The Hall–Kier alpha value is -0.610. The third-order valence-electron chi connectivity index (χ3n) is 3.42. The molecule has 2 rings (SSSR count). The highest BCUT2D eigenvalue weighted by atomic mass is 32.1. The number of nitrogens with zero attached hydrogens (tertiary/aromatic N) is 1. The lowest BCUT2D eigenvalue weighted by Gasteiger charge is -2.22. The van der Waals surface area contributed by atoms with Crippen molar-refractivity contribution in [1.29, 1.82) is 0 Å². The number of nitrogens with two attached hydrogens (primary N) is 1. The molecule has 1 heterocycles. The van der Waals surface area contributed by atoms with E-state index in [9.17, 15) is 0 Å². The number of hydrogen-bond donors (Lipinski definition) is 2. The third-order valence-corrected chi connectivity index (χ3v) is 4.37. The Morgan fingerprint density at radius 3 is 3.12 bits per heavy atom. The van der Waals surface area contributed by atoms with Gasteiger partial charge < -0.3 is 11.1 Å². The molecule has 4 heteroatoms. The number of rotatable bonds is 6. The molecule has 96 valence electrons. The van der Waals surface area contributed by atoms with Gasteiger partial charge in [-0.25, -0.2) is 4.98 Å². The van der Waals surface area contributed by atoms with E-state index in [0.717, 1.165) is 24.5 Å². The topological polar surface area (TPSA) is 50.9 Å². The number of aryl methyl sites for hydroxylation is 1. The number of nitrogens with one attached hydrogen (secondary N) is 1. The van der Waals surface area contributed by atoms with Crippen molar-refractivity contribution in [2.75, 3.05) is 12.3 Å². The zero-order chi connectivity index (χ0) is 12.1. The van der Waals surface area contributed by atoms with Gasteiger partial charge >= 0.3 is 0 Å². The van der Waals surface area contributed by atoms with Gasteiger partial charge in [0.1, 0.15) is 0 Å². The number of hydrogen-bond acceptors (Lipinski definition) is 4. The molecular weight excluding hydrogens is 230 g/mol. The molecule has 17 heavy (non-hydrogen) atoms. The van der Waals surface area contributed by atoms with Crippen LogP contribution in [0.25, 0.3) is 0 Å². The summed E-state index contributed by atoms with van der Waals surface area (Å²) in [5.41, 5.74) is 6.99. The van der Waals surface area contributed by atoms with Crippen LogP contribution in [-0.2, 0) is 12.8 Å². The summed E-state index contributed by atoms with van der Waals surface area (Å²) >= 11 is 1.67. The molecule has 0 amide bonds. The standard InChI is InChI=1S/C13H23N3S/c1-2-3-4-5-8-15-10-6-7-11-12(9-10)17-13(14)16-11/h10,15H,2-9H2,1H3,(H2,14,16). The zero-order valence-corrected chi connectivity index (χ0v) is 11.5. The monoisotopic (exact) mass is 253 g/mol. The van der Waals surface area contributed by atoms with Crippen LogP contribution in [0.1, 0.15) is 49.6 Å². The summed E-state index contributed by atoms with van der Waals surface area (Å²) in [7, 11) is 0.